The number of allylic oxidation sites excluding steroid dienone is 5. The van der Waals surface area contributed by atoms with Crippen LogP contribution in [0.1, 0.15) is 63.7 Å². The van der Waals surface area contributed by atoms with Crippen LogP contribution in [0.25, 0.3) is 0 Å². The minimum Gasteiger partial charge on any atom is -0.508 e. The van der Waals surface area contributed by atoms with E-state index < -0.39 is 5.97 Å². The predicted molar refractivity (Wildman–Crippen MR) is 105 cm³/mol. The van der Waals surface area contributed by atoms with E-state index in [1.165, 1.54) is 29.3 Å². The summed E-state index contributed by atoms with van der Waals surface area (Å²) in [5.74, 6) is -0.951. The molecule has 0 saturated carbocycles. The molecule has 4 nitrogen and oxygen atoms in total. The second kappa shape index (κ2) is 11.2. The van der Waals surface area contributed by atoms with E-state index in [0.29, 0.717) is 0 Å². The summed E-state index contributed by atoms with van der Waals surface area (Å²) in [5.41, 5.74) is 3.85. The van der Waals surface area contributed by atoms with Gasteiger partial charge in [0, 0.05) is 0 Å². The standard InChI is InChI=1S/C22H30O4/c1-16(2)7-5-8-17(3)9-6-10-18(4)13-14-26-22(25)20-15-19(23)11-12-21(20)24/h7,9,11-13,15,23-24H,5-6,8,10,14H2,1-4H3/b17-9-,18-13-. The molecule has 1 aromatic rings. The Morgan fingerprint density at radius 2 is 1.58 bits per heavy atom. The molecule has 1 rings (SSSR count). The molecule has 0 amide bonds. The fourth-order valence-electron chi connectivity index (χ4n) is 2.36. The van der Waals surface area contributed by atoms with E-state index in [1.807, 2.05) is 13.0 Å². The zero-order chi connectivity index (χ0) is 19.5. The number of ether oxygens (including phenoxy) is 1. The minimum atomic E-state index is -0.655. The van der Waals surface area contributed by atoms with Crippen LogP contribution >= 0.6 is 0 Å². The quantitative estimate of drug-likeness (QED) is 0.339. The molecule has 1 aromatic carbocycles. The van der Waals surface area contributed by atoms with E-state index in [1.54, 1.807) is 0 Å². The lowest BCUT2D eigenvalue weighted by Crippen LogP contribution is -2.05. The number of phenols is 2. The Balaban J connectivity index is 2.38. The van der Waals surface area contributed by atoms with Crippen molar-refractivity contribution >= 4 is 5.97 Å². The summed E-state index contributed by atoms with van der Waals surface area (Å²) in [7, 11) is 0. The number of hydrogen-bond donors (Lipinski definition) is 2. The average Bonchev–Trinajstić information content (AvgIpc) is 2.56. The number of esters is 1. The number of carbonyl (C=O) groups excluding carboxylic acids is 1. The van der Waals surface area contributed by atoms with E-state index in [4.69, 9.17) is 4.74 Å². The van der Waals surface area contributed by atoms with Crippen molar-refractivity contribution in [3.8, 4) is 11.5 Å². The number of phenolic OH excluding ortho intramolecular Hbond substituents is 2. The van der Waals surface area contributed by atoms with E-state index in [9.17, 15) is 15.0 Å². The molecule has 0 heterocycles. The molecule has 26 heavy (non-hydrogen) atoms. The van der Waals surface area contributed by atoms with Crippen LogP contribution in [0.15, 0.2) is 53.1 Å². The lowest BCUT2D eigenvalue weighted by atomic mass is 10.1. The van der Waals surface area contributed by atoms with Crippen LogP contribution in [0.3, 0.4) is 0 Å². The Kier molecular flexibility index (Phi) is 9.27. The van der Waals surface area contributed by atoms with Gasteiger partial charge < -0.3 is 14.9 Å². The van der Waals surface area contributed by atoms with Gasteiger partial charge in [0.15, 0.2) is 0 Å². The highest BCUT2D eigenvalue weighted by Crippen LogP contribution is 2.22. The molecular weight excluding hydrogens is 328 g/mol. The van der Waals surface area contributed by atoms with E-state index in [0.717, 1.165) is 31.3 Å². The van der Waals surface area contributed by atoms with Crippen LogP contribution in [0.2, 0.25) is 0 Å². The van der Waals surface area contributed by atoms with Crippen molar-refractivity contribution in [2.45, 2.75) is 53.4 Å². The molecule has 0 unspecified atom stereocenters. The van der Waals surface area contributed by atoms with Crippen molar-refractivity contribution in [3.63, 3.8) is 0 Å². The van der Waals surface area contributed by atoms with E-state index in [-0.39, 0.29) is 23.7 Å². The maximum absolute atomic E-state index is 11.9. The monoisotopic (exact) mass is 358 g/mol. The molecule has 0 atom stereocenters. The maximum atomic E-state index is 11.9. The van der Waals surface area contributed by atoms with Crippen LogP contribution < -0.4 is 0 Å². The molecule has 0 aromatic heterocycles. The fourth-order valence-corrected chi connectivity index (χ4v) is 2.36. The molecule has 0 aliphatic carbocycles. The summed E-state index contributed by atoms with van der Waals surface area (Å²) in [6.45, 7) is 8.53. The number of benzene rings is 1. The van der Waals surface area contributed by atoms with Crippen molar-refractivity contribution in [2.75, 3.05) is 6.61 Å². The van der Waals surface area contributed by atoms with Crippen molar-refractivity contribution < 1.29 is 19.7 Å². The van der Waals surface area contributed by atoms with Crippen molar-refractivity contribution in [2.24, 2.45) is 0 Å². The first-order valence-electron chi connectivity index (χ1n) is 8.93. The van der Waals surface area contributed by atoms with Crippen molar-refractivity contribution in [1.82, 2.24) is 0 Å². The number of rotatable bonds is 9. The SMILES string of the molecule is CC(C)=CCC/C(C)=C\CC/C(C)=C\COC(=O)c1cc(O)ccc1O. The zero-order valence-corrected chi connectivity index (χ0v) is 16.2. The van der Waals surface area contributed by atoms with Gasteiger partial charge in [0.2, 0.25) is 0 Å². The molecule has 0 radical (unpaired) electrons. The van der Waals surface area contributed by atoms with Gasteiger partial charge in [0.1, 0.15) is 23.7 Å². The molecule has 0 aliphatic rings. The Morgan fingerprint density at radius 1 is 0.962 bits per heavy atom. The molecule has 0 bridgehead atoms. The summed E-state index contributed by atoms with van der Waals surface area (Å²) in [5, 5.41) is 19.0. The first-order chi connectivity index (χ1) is 12.3. The zero-order valence-electron chi connectivity index (χ0n) is 16.2. The van der Waals surface area contributed by atoms with Gasteiger partial charge in [0.05, 0.1) is 0 Å². The average molecular weight is 358 g/mol. The molecule has 0 spiro atoms. The first kappa shape index (κ1) is 21.6. The Labute approximate surface area is 156 Å². The third-order valence-electron chi connectivity index (χ3n) is 3.97. The summed E-state index contributed by atoms with van der Waals surface area (Å²) in [4.78, 5) is 11.9. The van der Waals surface area contributed by atoms with E-state index >= 15 is 0 Å². The lowest BCUT2D eigenvalue weighted by Gasteiger charge is -2.06. The Bertz CT molecular complexity index is 692. The second-order valence-corrected chi connectivity index (χ2v) is 6.76. The van der Waals surface area contributed by atoms with Gasteiger partial charge in [-0.05, 0) is 77.7 Å². The minimum absolute atomic E-state index is 0.0361. The highest BCUT2D eigenvalue weighted by Gasteiger charge is 2.12. The summed E-state index contributed by atoms with van der Waals surface area (Å²) in [6.07, 6.45) is 10.4. The third-order valence-corrected chi connectivity index (χ3v) is 3.97. The van der Waals surface area contributed by atoms with Gasteiger partial charge in [-0.2, -0.15) is 0 Å². The molecular formula is C22H30O4. The second-order valence-electron chi connectivity index (χ2n) is 6.76. The number of aromatic hydroxyl groups is 2. The smallest absolute Gasteiger partial charge is 0.342 e. The molecule has 4 heteroatoms. The molecule has 142 valence electrons. The van der Waals surface area contributed by atoms with Gasteiger partial charge >= 0.3 is 5.97 Å². The third kappa shape index (κ3) is 8.56. The van der Waals surface area contributed by atoms with Gasteiger partial charge in [-0.3, -0.25) is 0 Å². The van der Waals surface area contributed by atoms with Gasteiger partial charge in [0.25, 0.3) is 0 Å². The summed E-state index contributed by atoms with van der Waals surface area (Å²) in [6, 6.07) is 3.77. The molecule has 0 saturated heterocycles. The maximum Gasteiger partial charge on any atom is 0.342 e. The topological polar surface area (TPSA) is 66.8 Å². The van der Waals surface area contributed by atoms with Crippen molar-refractivity contribution in [3.05, 3.63) is 58.7 Å². The van der Waals surface area contributed by atoms with Gasteiger partial charge in [-0.25, -0.2) is 4.79 Å². The molecule has 2 N–H and O–H groups in total. The highest BCUT2D eigenvalue weighted by atomic mass is 16.5. The summed E-state index contributed by atoms with van der Waals surface area (Å²) >= 11 is 0. The highest BCUT2D eigenvalue weighted by molar-refractivity contribution is 5.92. The van der Waals surface area contributed by atoms with Crippen LogP contribution in [0, 0.1) is 0 Å². The lowest BCUT2D eigenvalue weighted by molar-refractivity contribution is 0.0545. The predicted octanol–water partition coefficient (Wildman–Crippen LogP) is 5.67. The van der Waals surface area contributed by atoms with Crippen LogP contribution in [0.5, 0.6) is 11.5 Å². The van der Waals surface area contributed by atoms with Gasteiger partial charge in [-0.15, -0.1) is 0 Å². The van der Waals surface area contributed by atoms with Gasteiger partial charge in [-0.1, -0.05) is 28.9 Å². The van der Waals surface area contributed by atoms with Crippen LogP contribution in [0.4, 0.5) is 0 Å². The van der Waals surface area contributed by atoms with Crippen LogP contribution in [-0.4, -0.2) is 22.8 Å². The van der Waals surface area contributed by atoms with Crippen molar-refractivity contribution in [1.29, 1.82) is 0 Å². The number of hydrogen-bond acceptors (Lipinski definition) is 4. The molecule has 0 fully saturated rings. The fraction of sp³-hybridized carbons (Fsp3) is 0.409. The largest absolute Gasteiger partial charge is 0.508 e. The Hall–Kier alpha value is -2.49. The first-order valence-corrected chi connectivity index (χ1v) is 8.93. The van der Waals surface area contributed by atoms with Crippen LogP contribution in [-0.2, 0) is 4.74 Å². The normalized spacial score (nSPS) is 12.0. The number of carbonyl (C=O) groups is 1. The molecule has 0 aliphatic heterocycles. The van der Waals surface area contributed by atoms with E-state index in [2.05, 4.69) is 32.9 Å². The Morgan fingerprint density at radius 3 is 2.23 bits per heavy atom. The summed E-state index contributed by atoms with van der Waals surface area (Å²) < 4.78 is 5.13.